The Morgan fingerprint density at radius 3 is 2.62 bits per heavy atom. The SMILES string of the molecule is Cc1ccc(C(C)NC(=O)COC(C)C)s1. The Labute approximate surface area is 101 Å². The monoisotopic (exact) mass is 241 g/mol. The molecule has 1 heterocycles. The van der Waals surface area contributed by atoms with Crippen LogP contribution in [0.15, 0.2) is 12.1 Å². The van der Waals surface area contributed by atoms with Crippen molar-refractivity contribution < 1.29 is 9.53 Å². The first-order chi connectivity index (χ1) is 7.49. The highest BCUT2D eigenvalue weighted by atomic mass is 32.1. The largest absolute Gasteiger partial charge is 0.369 e. The number of hydrogen-bond donors (Lipinski definition) is 1. The van der Waals surface area contributed by atoms with Gasteiger partial charge in [0, 0.05) is 9.75 Å². The van der Waals surface area contributed by atoms with Gasteiger partial charge in [0.25, 0.3) is 0 Å². The molecule has 1 atom stereocenters. The van der Waals surface area contributed by atoms with Gasteiger partial charge in [-0.3, -0.25) is 4.79 Å². The third-order valence-electron chi connectivity index (χ3n) is 2.11. The second-order valence-electron chi connectivity index (χ2n) is 4.10. The molecule has 1 aromatic rings. The first-order valence-electron chi connectivity index (χ1n) is 5.46. The van der Waals surface area contributed by atoms with Crippen LogP contribution in [0.2, 0.25) is 0 Å². The zero-order valence-corrected chi connectivity index (χ0v) is 11.1. The van der Waals surface area contributed by atoms with E-state index in [9.17, 15) is 4.79 Å². The highest BCUT2D eigenvalue weighted by Gasteiger charge is 2.11. The fourth-order valence-corrected chi connectivity index (χ4v) is 2.16. The number of thiophene rings is 1. The molecule has 16 heavy (non-hydrogen) atoms. The quantitative estimate of drug-likeness (QED) is 0.860. The Hall–Kier alpha value is -0.870. The minimum atomic E-state index is -0.0627. The summed E-state index contributed by atoms with van der Waals surface area (Å²) >= 11 is 1.71. The van der Waals surface area contributed by atoms with Crippen molar-refractivity contribution in [2.75, 3.05) is 6.61 Å². The molecule has 0 radical (unpaired) electrons. The van der Waals surface area contributed by atoms with Crippen LogP contribution in [0.5, 0.6) is 0 Å². The molecule has 1 N–H and O–H groups in total. The van der Waals surface area contributed by atoms with E-state index in [0.717, 1.165) is 0 Å². The van der Waals surface area contributed by atoms with Gasteiger partial charge in [0.15, 0.2) is 0 Å². The Balaban J connectivity index is 2.39. The van der Waals surface area contributed by atoms with Crippen molar-refractivity contribution >= 4 is 17.2 Å². The molecule has 0 fully saturated rings. The van der Waals surface area contributed by atoms with Crippen LogP contribution in [0.25, 0.3) is 0 Å². The molecule has 0 aliphatic carbocycles. The van der Waals surface area contributed by atoms with Crippen molar-refractivity contribution in [3.8, 4) is 0 Å². The maximum Gasteiger partial charge on any atom is 0.246 e. The number of hydrogen-bond acceptors (Lipinski definition) is 3. The Morgan fingerprint density at radius 1 is 1.44 bits per heavy atom. The normalized spacial score (nSPS) is 12.8. The molecule has 0 spiro atoms. The van der Waals surface area contributed by atoms with Crippen molar-refractivity contribution in [1.82, 2.24) is 5.32 Å². The average molecular weight is 241 g/mol. The molecule has 3 nitrogen and oxygen atoms in total. The Kier molecular flexibility index (Phi) is 4.96. The zero-order chi connectivity index (χ0) is 12.1. The van der Waals surface area contributed by atoms with Crippen molar-refractivity contribution in [2.24, 2.45) is 0 Å². The van der Waals surface area contributed by atoms with E-state index in [-0.39, 0.29) is 24.7 Å². The van der Waals surface area contributed by atoms with Crippen LogP contribution in [0.4, 0.5) is 0 Å². The van der Waals surface area contributed by atoms with E-state index < -0.39 is 0 Å². The van der Waals surface area contributed by atoms with Gasteiger partial charge in [-0.05, 0) is 39.8 Å². The van der Waals surface area contributed by atoms with E-state index in [1.165, 1.54) is 9.75 Å². The lowest BCUT2D eigenvalue weighted by molar-refractivity contribution is -0.127. The van der Waals surface area contributed by atoms with Crippen LogP contribution >= 0.6 is 11.3 Å². The highest BCUT2D eigenvalue weighted by Crippen LogP contribution is 2.21. The summed E-state index contributed by atoms with van der Waals surface area (Å²) in [6.45, 7) is 8.01. The summed E-state index contributed by atoms with van der Waals surface area (Å²) in [7, 11) is 0. The summed E-state index contributed by atoms with van der Waals surface area (Å²) in [6.07, 6.45) is 0.0880. The predicted octanol–water partition coefficient (Wildman–Crippen LogP) is 2.66. The lowest BCUT2D eigenvalue weighted by Gasteiger charge is -2.13. The highest BCUT2D eigenvalue weighted by molar-refractivity contribution is 7.12. The number of carbonyl (C=O) groups excluding carboxylic acids is 1. The van der Waals surface area contributed by atoms with E-state index >= 15 is 0 Å². The molecule has 0 saturated heterocycles. The zero-order valence-electron chi connectivity index (χ0n) is 10.2. The molecule has 4 heteroatoms. The minimum absolute atomic E-state index is 0.0574. The molecule has 0 aliphatic heterocycles. The summed E-state index contributed by atoms with van der Waals surface area (Å²) in [5, 5.41) is 2.91. The van der Waals surface area contributed by atoms with Gasteiger partial charge >= 0.3 is 0 Å². The van der Waals surface area contributed by atoms with Gasteiger partial charge in [0.05, 0.1) is 12.1 Å². The minimum Gasteiger partial charge on any atom is -0.369 e. The number of carbonyl (C=O) groups is 1. The topological polar surface area (TPSA) is 38.3 Å². The van der Waals surface area contributed by atoms with Crippen LogP contribution < -0.4 is 5.32 Å². The second-order valence-corrected chi connectivity index (χ2v) is 5.42. The van der Waals surface area contributed by atoms with E-state index in [2.05, 4.69) is 18.3 Å². The van der Waals surface area contributed by atoms with Crippen LogP contribution in [0.1, 0.15) is 36.6 Å². The number of rotatable bonds is 5. The maximum absolute atomic E-state index is 11.5. The van der Waals surface area contributed by atoms with Crippen molar-refractivity contribution in [1.29, 1.82) is 0 Å². The molecule has 90 valence electrons. The summed E-state index contributed by atoms with van der Waals surface area (Å²) in [5.74, 6) is -0.0627. The number of amides is 1. The number of nitrogens with one attached hydrogen (secondary N) is 1. The fourth-order valence-electron chi connectivity index (χ4n) is 1.28. The maximum atomic E-state index is 11.5. The predicted molar refractivity (Wildman–Crippen MR) is 66.7 cm³/mol. The fraction of sp³-hybridized carbons (Fsp3) is 0.583. The van der Waals surface area contributed by atoms with Gasteiger partial charge in [-0.25, -0.2) is 0 Å². The lowest BCUT2D eigenvalue weighted by atomic mass is 10.2. The Bertz CT molecular complexity index is 347. The van der Waals surface area contributed by atoms with Gasteiger partial charge in [-0.2, -0.15) is 0 Å². The third-order valence-corrected chi connectivity index (χ3v) is 3.30. The smallest absolute Gasteiger partial charge is 0.246 e. The van der Waals surface area contributed by atoms with Crippen LogP contribution in [0, 0.1) is 6.92 Å². The molecule has 0 aliphatic rings. The van der Waals surface area contributed by atoms with E-state index in [0.29, 0.717) is 0 Å². The molecule has 0 aromatic carbocycles. The molecule has 1 amide bonds. The molecular formula is C12H19NO2S. The van der Waals surface area contributed by atoms with Gasteiger partial charge in [-0.1, -0.05) is 0 Å². The van der Waals surface area contributed by atoms with Crippen molar-refractivity contribution in [2.45, 2.75) is 39.8 Å². The van der Waals surface area contributed by atoms with E-state index in [4.69, 9.17) is 4.74 Å². The standard InChI is InChI=1S/C12H19NO2S/c1-8(2)15-7-12(14)13-10(4)11-6-5-9(3)16-11/h5-6,8,10H,7H2,1-4H3,(H,13,14). The van der Waals surface area contributed by atoms with Gasteiger partial charge < -0.3 is 10.1 Å². The van der Waals surface area contributed by atoms with E-state index in [1.54, 1.807) is 11.3 Å². The van der Waals surface area contributed by atoms with Crippen LogP contribution in [0.3, 0.4) is 0 Å². The summed E-state index contributed by atoms with van der Waals surface area (Å²) in [5.41, 5.74) is 0. The lowest BCUT2D eigenvalue weighted by Crippen LogP contribution is -2.30. The molecule has 1 aromatic heterocycles. The van der Waals surface area contributed by atoms with E-state index in [1.807, 2.05) is 26.8 Å². The van der Waals surface area contributed by atoms with Crippen molar-refractivity contribution in [3.63, 3.8) is 0 Å². The third kappa shape index (κ3) is 4.33. The summed E-state index contributed by atoms with van der Waals surface area (Å²) < 4.78 is 5.24. The Morgan fingerprint density at radius 2 is 2.12 bits per heavy atom. The average Bonchev–Trinajstić information content (AvgIpc) is 2.62. The first kappa shape index (κ1) is 13.2. The van der Waals surface area contributed by atoms with Crippen LogP contribution in [-0.4, -0.2) is 18.6 Å². The number of ether oxygens (including phenoxy) is 1. The first-order valence-corrected chi connectivity index (χ1v) is 6.28. The van der Waals surface area contributed by atoms with Gasteiger partial charge in [0.2, 0.25) is 5.91 Å². The molecule has 0 bridgehead atoms. The summed E-state index contributed by atoms with van der Waals surface area (Å²) in [4.78, 5) is 13.9. The van der Waals surface area contributed by atoms with Gasteiger partial charge in [0.1, 0.15) is 6.61 Å². The molecule has 1 unspecified atom stereocenters. The van der Waals surface area contributed by atoms with Gasteiger partial charge in [-0.15, -0.1) is 11.3 Å². The molecule has 1 rings (SSSR count). The van der Waals surface area contributed by atoms with Crippen LogP contribution in [-0.2, 0) is 9.53 Å². The molecular weight excluding hydrogens is 222 g/mol. The number of aryl methyl sites for hydroxylation is 1. The second kappa shape index (κ2) is 6.01. The summed E-state index contributed by atoms with van der Waals surface area (Å²) in [6, 6.07) is 4.17. The van der Waals surface area contributed by atoms with Crippen molar-refractivity contribution in [3.05, 3.63) is 21.9 Å². The molecule has 0 saturated carbocycles.